The van der Waals surface area contributed by atoms with E-state index >= 15 is 0 Å². The highest BCUT2D eigenvalue weighted by atomic mass is 19.1. The lowest BCUT2D eigenvalue weighted by Gasteiger charge is -2.35. The smallest absolute Gasteiger partial charge is 0.257 e. The van der Waals surface area contributed by atoms with Gasteiger partial charge in [0.05, 0.1) is 12.7 Å². The number of carbonyl (C=O) groups is 2. The van der Waals surface area contributed by atoms with Crippen LogP contribution >= 0.6 is 0 Å². The van der Waals surface area contributed by atoms with Crippen molar-refractivity contribution >= 4 is 11.8 Å². The second-order valence-electron chi connectivity index (χ2n) is 5.74. The summed E-state index contributed by atoms with van der Waals surface area (Å²) in [6.45, 7) is 2.02. The zero-order valence-corrected chi connectivity index (χ0v) is 12.5. The van der Waals surface area contributed by atoms with Crippen molar-refractivity contribution in [1.29, 1.82) is 0 Å². The Bertz CT molecular complexity index is 593. The molecule has 3 rings (SSSR count). The van der Waals surface area contributed by atoms with Crippen molar-refractivity contribution in [3.8, 4) is 5.75 Å². The lowest BCUT2D eigenvalue weighted by Crippen LogP contribution is -2.51. The van der Waals surface area contributed by atoms with Gasteiger partial charge in [-0.1, -0.05) is 0 Å². The van der Waals surface area contributed by atoms with Crippen LogP contribution in [0, 0.1) is 11.7 Å². The molecule has 1 aliphatic heterocycles. The van der Waals surface area contributed by atoms with Crippen LogP contribution in [0.1, 0.15) is 23.2 Å². The van der Waals surface area contributed by atoms with Crippen LogP contribution in [0.4, 0.5) is 4.39 Å². The Balaban J connectivity index is 1.66. The summed E-state index contributed by atoms with van der Waals surface area (Å²) in [6, 6.07) is 3.92. The van der Waals surface area contributed by atoms with Gasteiger partial charge < -0.3 is 14.5 Å². The van der Waals surface area contributed by atoms with Gasteiger partial charge in [-0.15, -0.1) is 0 Å². The average Bonchev–Trinajstić information content (AvgIpc) is 3.38. The number of halogens is 1. The van der Waals surface area contributed by atoms with Gasteiger partial charge in [-0.25, -0.2) is 4.39 Å². The molecule has 2 fully saturated rings. The molecule has 0 atom stereocenters. The molecular formula is C16H19FN2O3. The van der Waals surface area contributed by atoms with Gasteiger partial charge in [0.2, 0.25) is 5.91 Å². The zero-order chi connectivity index (χ0) is 15.7. The van der Waals surface area contributed by atoms with Gasteiger partial charge in [-0.2, -0.15) is 0 Å². The fourth-order valence-corrected chi connectivity index (χ4v) is 2.74. The molecule has 0 radical (unpaired) electrons. The minimum Gasteiger partial charge on any atom is -0.496 e. The van der Waals surface area contributed by atoms with Crippen LogP contribution in [-0.2, 0) is 4.79 Å². The molecule has 2 amide bonds. The van der Waals surface area contributed by atoms with Crippen LogP contribution in [0.25, 0.3) is 0 Å². The van der Waals surface area contributed by atoms with Gasteiger partial charge in [-0.05, 0) is 31.0 Å². The van der Waals surface area contributed by atoms with Crippen LogP contribution < -0.4 is 4.74 Å². The SMILES string of the molecule is COc1ccc(F)cc1C(=O)N1CCN(C(=O)C2CC2)CC1. The zero-order valence-electron chi connectivity index (χ0n) is 12.5. The first-order chi connectivity index (χ1) is 10.6. The highest BCUT2D eigenvalue weighted by Crippen LogP contribution is 2.31. The van der Waals surface area contributed by atoms with Crippen LogP contribution in [-0.4, -0.2) is 54.9 Å². The number of hydrogen-bond donors (Lipinski definition) is 0. The fraction of sp³-hybridized carbons (Fsp3) is 0.500. The van der Waals surface area contributed by atoms with E-state index < -0.39 is 5.82 Å². The molecule has 1 aliphatic carbocycles. The van der Waals surface area contributed by atoms with Gasteiger partial charge >= 0.3 is 0 Å². The fourth-order valence-electron chi connectivity index (χ4n) is 2.74. The largest absolute Gasteiger partial charge is 0.496 e. The molecule has 0 unspecified atom stereocenters. The second-order valence-corrected chi connectivity index (χ2v) is 5.74. The Morgan fingerprint density at radius 3 is 2.36 bits per heavy atom. The summed E-state index contributed by atoms with van der Waals surface area (Å²) in [6.07, 6.45) is 1.97. The summed E-state index contributed by atoms with van der Waals surface area (Å²) < 4.78 is 18.5. The van der Waals surface area contributed by atoms with Gasteiger partial charge in [-0.3, -0.25) is 9.59 Å². The van der Waals surface area contributed by atoms with Crippen molar-refractivity contribution in [2.24, 2.45) is 5.92 Å². The lowest BCUT2D eigenvalue weighted by molar-refractivity contribution is -0.134. The molecule has 1 saturated carbocycles. The number of amides is 2. The maximum absolute atomic E-state index is 13.4. The first-order valence-electron chi connectivity index (χ1n) is 7.51. The first-order valence-corrected chi connectivity index (χ1v) is 7.51. The third-order valence-corrected chi connectivity index (χ3v) is 4.20. The van der Waals surface area contributed by atoms with Crippen LogP contribution in [0.5, 0.6) is 5.75 Å². The van der Waals surface area contributed by atoms with Crippen molar-refractivity contribution in [3.05, 3.63) is 29.6 Å². The van der Waals surface area contributed by atoms with E-state index in [4.69, 9.17) is 4.74 Å². The molecule has 1 heterocycles. The highest BCUT2D eigenvalue weighted by molar-refractivity contribution is 5.97. The quantitative estimate of drug-likeness (QED) is 0.851. The van der Waals surface area contributed by atoms with Gasteiger partial charge in [0.1, 0.15) is 11.6 Å². The Kier molecular flexibility index (Phi) is 4.00. The summed E-state index contributed by atoms with van der Waals surface area (Å²) >= 11 is 0. The normalized spacial score (nSPS) is 18.3. The molecule has 2 aliphatic rings. The molecule has 1 aromatic carbocycles. The van der Waals surface area contributed by atoms with Crippen LogP contribution in [0.3, 0.4) is 0 Å². The molecular weight excluding hydrogens is 287 g/mol. The third kappa shape index (κ3) is 2.91. The summed E-state index contributed by atoms with van der Waals surface area (Å²) in [5, 5.41) is 0. The molecule has 1 aromatic rings. The maximum atomic E-state index is 13.4. The predicted molar refractivity (Wildman–Crippen MR) is 78.2 cm³/mol. The number of nitrogens with zero attached hydrogens (tertiary/aromatic N) is 2. The van der Waals surface area contributed by atoms with Gasteiger partial charge in [0, 0.05) is 32.1 Å². The van der Waals surface area contributed by atoms with Crippen LogP contribution in [0.2, 0.25) is 0 Å². The Labute approximate surface area is 128 Å². The molecule has 0 bridgehead atoms. The second kappa shape index (κ2) is 5.94. The summed E-state index contributed by atoms with van der Waals surface area (Å²) in [5.41, 5.74) is 0.226. The van der Waals surface area contributed by atoms with Crippen molar-refractivity contribution in [2.45, 2.75) is 12.8 Å². The molecule has 6 heteroatoms. The Morgan fingerprint density at radius 2 is 1.77 bits per heavy atom. The van der Waals surface area contributed by atoms with E-state index in [1.807, 2.05) is 4.90 Å². The van der Waals surface area contributed by atoms with E-state index in [1.54, 1.807) is 4.90 Å². The standard InChI is InChI=1S/C16H19FN2O3/c1-22-14-5-4-12(17)10-13(14)16(21)19-8-6-18(7-9-19)15(20)11-2-3-11/h4-5,10-11H,2-3,6-9H2,1H3. The Hall–Kier alpha value is -2.11. The first kappa shape index (κ1) is 14.8. The summed E-state index contributed by atoms with van der Waals surface area (Å²) in [7, 11) is 1.45. The molecule has 0 spiro atoms. The number of carbonyl (C=O) groups excluding carboxylic acids is 2. The molecule has 22 heavy (non-hydrogen) atoms. The molecule has 118 valence electrons. The lowest BCUT2D eigenvalue weighted by atomic mass is 10.1. The number of rotatable bonds is 3. The summed E-state index contributed by atoms with van der Waals surface area (Å²) in [4.78, 5) is 28.0. The van der Waals surface area contributed by atoms with Gasteiger partial charge in [0.15, 0.2) is 0 Å². The molecule has 0 aromatic heterocycles. The number of benzene rings is 1. The van der Waals surface area contributed by atoms with E-state index in [2.05, 4.69) is 0 Å². The highest BCUT2D eigenvalue weighted by Gasteiger charge is 2.35. The van der Waals surface area contributed by atoms with Crippen molar-refractivity contribution < 1.29 is 18.7 Å². The Morgan fingerprint density at radius 1 is 1.14 bits per heavy atom. The van der Waals surface area contributed by atoms with E-state index in [-0.39, 0.29) is 23.3 Å². The predicted octanol–water partition coefficient (Wildman–Crippen LogP) is 1.53. The van der Waals surface area contributed by atoms with Crippen LogP contribution in [0.15, 0.2) is 18.2 Å². The molecule has 1 saturated heterocycles. The molecule has 0 N–H and O–H groups in total. The number of piperazine rings is 1. The van der Waals surface area contributed by atoms with E-state index in [9.17, 15) is 14.0 Å². The number of ether oxygens (including phenoxy) is 1. The minimum atomic E-state index is -0.466. The number of hydrogen-bond acceptors (Lipinski definition) is 3. The van der Waals surface area contributed by atoms with E-state index in [1.165, 1.54) is 25.3 Å². The topological polar surface area (TPSA) is 49.9 Å². The third-order valence-electron chi connectivity index (χ3n) is 4.20. The van der Waals surface area contributed by atoms with Gasteiger partial charge in [0.25, 0.3) is 5.91 Å². The van der Waals surface area contributed by atoms with Crippen molar-refractivity contribution in [2.75, 3.05) is 33.3 Å². The number of methoxy groups -OCH3 is 1. The maximum Gasteiger partial charge on any atom is 0.257 e. The van der Waals surface area contributed by atoms with E-state index in [0.717, 1.165) is 12.8 Å². The van der Waals surface area contributed by atoms with E-state index in [0.29, 0.717) is 31.9 Å². The summed E-state index contributed by atoms with van der Waals surface area (Å²) in [5.74, 6) is 0.0467. The minimum absolute atomic E-state index is 0.200. The van der Waals surface area contributed by atoms with Crippen molar-refractivity contribution in [3.63, 3.8) is 0 Å². The monoisotopic (exact) mass is 306 g/mol. The van der Waals surface area contributed by atoms with Crippen molar-refractivity contribution in [1.82, 2.24) is 9.80 Å². The average molecular weight is 306 g/mol. The molecule has 5 nitrogen and oxygen atoms in total.